The molecule has 1 aliphatic heterocycles. The van der Waals surface area contributed by atoms with Crippen molar-refractivity contribution in [1.29, 1.82) is 0 Å². The number of hydrogen-bond acceptors (Lipinski definition) is 2. The Morgan fingerprint density at radius 2 is 2.06 bits per heavy atom. The fraction of sp³-hybridized carbons (Fsp3) is 0.455. The molecule has 17 heavy (non-hydrogen) atoms. The van der Waals surface area contributed by atoms with Gasteiger partial charge in [0.1, 0.15) is 5.82 Å². The quantitative estimate of drug-likeness (QED) is 0.779. The van der Waals surface area contributed by atoms with Crippen LogP contribution in [0.3, 0.4) is 0 Å². The van der Waals surface area contributed by atoms with Gasteiger partial charge in [0.25, 0.3) is 0 Å². The molecule has 1 nitrogen and oxygen atoms in total. The van der Waals surface area contributed by atoms with Gasteiger partial charge in [-0.05, 0) is 24.6 Å². The Bertz CT molecular complexity index is 418. The van der Waals surface area contributed by atoms with Crippen molar-refractivity contribution in [2.45, 2.75) is 24.5 Å². The minimum atomic E-state index is -4.52. The third kappa shape index (κ3) is 2.74. The summed E-state index contributed by atoms with van der Waals surface area (Å²) in [7, 11) is 0. The summed E-state index contributed by atoms with van der Waals surface area (Å²) in [6.07, 6.45) is -4.52. The molecule has 0 aliphatic carbocycles. The molecule has 0 aromatic heterocycles. The first-order valence-electron chi connectivity index (χ1n) is 5.12. The molecule has 2 rings (SSSR count). The Balaban J connectivity index is 2.39. The fourth-order valence-electron chi connectivity index (χ4n) is 1.78. The van der Waals surface area contributed by atoms with Crippen molar-refractivity contribution in [3.63, 3.8) is 0 Å². The van der Waals surface area contributed by atoms with Crippen LogP contribution in [0, 0.1) is 5.82 Å². The second-order valence-electron chi connectivity index (χ2n) is 4.01. The largest absolute Gasteiger partial charge is 0.416 e. The molecule has 0 radical (unpaired) electrons. The van der Waals surface area contributed by atoms with Crippen LogP contribution in [0.5, 0.6) is 0 Å². The van der Waals surface area contributed by atoms with Gasteiger partial charge < -0.3 is 0 Å². The average molecular weight is 265 g/mol. The number of benzene rings is 1. The van der Waals surface area contributed by atoms with E-state index in [9.17, 15) is 17.6 Å². The van der Waals surface area contributed by atoms with Gasteiger partial charge in [0.2, 0.25) is 0 Å². The summed E-state index contributed by atoms with van der Waals surface area (Å²) in [5.74, 6) is -0.114. The number of halogens is 4. The third-order valence-corrected chi connectivity index (χ3v) is 3.97. The van der Waals surface area contributed by atoms with E-state index in [1.54, 1.807) is 0 Å². The highest BCUT2D eigenvalue weighted by Crippen LogP contribution is 2.40. The molecule has 1 aromatic rings. The predicted octanol–water partition coefficient (Wildman–Crippen LogP) is 3.57. The molecule has 1 N–H and O–H groups in total. The molecule has 0 saturated carbocycles. The Labute approximate surface area is 101 Å². The molecule has 0 bridgehead atoms. The van der Waals surface area contributed by atoms with Gasteiger partial charge in [-0.2, -0.15) is 13.2 Å². The molecule has 1 saturated heterocycles. The van der Waals surface area contributed by atoms with Crippen molar-refractivity contribution in [2.24, 2.45) is 0 Å². The predicted molar refractivity (Wildman–Crippen MR) is 59.2 cm³/mol. The highest BCUT2D eigenvalue weighted by atomic mass is 32.2. The van der Waals surface area contributed by atoms with Crippen molar-refractivity contribution < 1.29 is 17.6 Å². The lowest BCUT2D eigenvalue weighted by atomic mass is 10.1. The van der Waals surface area contributed by atoms with Crippen LogP contribution in [-0.2, 0) is 6.18 Å². The minimum absolute atomic E-state index is 0.105. The zero-order chi connectivity index (χ0) is 12.6. The van der Waals surface area contributed by atoms with Gasteiger partial charge >= 0.3 is 6.18 Å². The summed E-state index contributed by atoms with van der Waals surface area (Å²) in [4.78, 5) is 0. The van der Waals surface area contributed by atoms with Crippen LogP contribution >= 0.6 is 11.8 Å². The van der Waals surface area contributed by atoms with E-state index >= 15 is 0 Å². The van der Waals surface area contributed by atoms with E-state index in [0.29, 0.717) is 6.07 Å². The summed E-state index contributed by atoms with van der Waals surface area (Å²) in [6.45, 7) is 1.91. The highest BCUT2D eigenvalue weighted by Gasteiger charge is 2.37. The summed E-state index contributed by atoms with van der Waals surface area (Å²) in [5, 5.41) is 2.63. The van der Waals surface area contributed by atoms with Crippen LogP contribution in [-0.4, -0.2) is 11.8 Å². The van der Waals surface area contributed by atoms with E-state index in [1.807, 2.05) is 6.92 Å². The Kier molecular flexibility index (Phi) is 3.36. The van der Waals surface area contributed by atoms with Gasteiger partial charge in [-0.1, -0.05) is 6.07 Å². The molecule has 1 fully saturated rings. The minimum Gasteiger partial charge on any atom is -0.298 e. The standard InChI is InChI=1S/C11H11F4NS/c1-6-5-17-10(16-6)8-3-2-7(12)4-9(8)11(13,14)15/h2-4,6,10,16H,5H2,1H3. The van der Waals surface area contributed by atoms with Gasteiger partial charge in [-0.15, -0.1) is 11.8 Å². The molecule has 0 spiro atoms. The first-order chi connectivity index (χ1) is 7.88. The fourth-order valence-corrected chi connectivity index (χ4v) is 3.07. The van der Waals surface area contributed by atoms with Crippen molar-refractivity contribution in [1.82, 2.24) is 5.32 Å². The van der Waals surface area contributed by atoms with Crippen molar-refractivity contribution in [3.05, 3.63) is 35.1 Å². The lowest BCUT2D eigenvalue weighted by Crippen LogP contribution is -2.24. The normalized spacial score (nSPS) is 25.2. The maximum Gasteiger partial charge on any atom is 0.416 e. The molecule has 1 aromatic carbocycles. The first-order valence-corrected chi connectivity index (χ1v) is 6.17. The van der Waals surface area contributed by atoms with Crippen LogP contribution < -0.4 is 5.32 Å². The lowest BCUT2D eigenvalue weighted by molar-refractivity contribution is -0.138. The molecule has 0 amide bonds. The Hall–Kier alpha value is -0.750. The first kappa shape index (κ1) is 12.7. The summed E-state index contributed by atoms with van der Waals surface area (Å²) in [5.41, 5.74) is -0.787. The van der Waals surface area contributed by atoms with E-state index < -0.39 is 22.9 Å². The van der Waals surface area contributed by atoms with Gasteiger partial charge in [-0.25, -0.2) is 4.39 Å². The van der Waals surface area contributed by atoms with Crippen LogP contribution in [0.2, 0.25) is 0 Å². The van der Waals surface area contributed by atoms with Gasteiger partial charge in [0.15, 0.2) is 0 Å². The summed E-state index contributed by atoms with van der Waals surface area (Å²) < 4.78 is 51.2. The van der Waals surface area contributed by atoms with Crippen LogP contribution in [0.4, 0.5) is 17.6 Å². The van der Waals surface area contributed by atoms with Gasteiger partial charge in [-0.3, -0.25) is 5.32 Å². The molecular formula is C11H11F4NS. The third-order valence-electron chi connectivity index (χ3n) is 2.55. The number of hydrogen-bond donors (Lipinski definition) is 1. The molecular weight excluding hydrogens is 254 g/mol. The second kappa shape index (κ2) is 4.49. The van der Waals surface area contributed by atoms with E-state index in [-0.39, 0.29) is 11.6 Å². The maximum atomic E-state index is 12.9. The van der Waals surface area contributed by atoms with Crippen LogP contribution in [0.1, 0.15) is 23.4 Å². The number of alkyl halides is 3. The Morgan fingerprint density at radius 1 is 1.35 bits per heavy atom. The van der Waals surface area contributed by atoms with Crippen LogP contribution in [0.15, 0.2) is 18.2 Å². The van der Waals surface area contributed by atoms with Gasteiger partial charge in [0.05, 0.1) is 10.9 Å². The summed E-state index contributed by atoms with van der Waals surface area (Å²) in [6, 6.07) is 2.99. The summed E-state index contributed by atoms with van der Waals surface area (Å²) >= 11 is 1.41. The average Bonchev–Trinajstić information content (AvgIpc) is 2.63. The number of nitrogens with one attached hydrogen (secondary N) is 1. The smallest absolute Gasteiger partial charge is 0.298 e. The number of thioether (sulfide) groups is 1. The molecule has 2 unspecified atom stereocenters. The van der Waals surface area contributed by atoms with Crippen molar-refractivity contribution in [3.8, 4) is 0 Å². The molecule has 6 heteroatoms. The SMILES string of the molecule is CC1CSC(c2ccc(F)cc2C(F)(F)F)N1. The molecule has 1 aliphatic rings. The van der Waals surface area contributed by atoms with Gasteiger partial charge in [0, 0.05) is 11.8 Å². The highest BCUT2D eigenvalue weighted by molar-refractivity contribution is 7.99. The lowest BCUT2D eigenvalue weighted by Gasteiger charge is -2.18. The second-order valence-corrected chi connectivity index (χ2v) is 5.15. The van der Waals surface area contributed by atoms with E-state index in [2.05, 4.69) is 5.32 Å². The maximum absolute atomic E-state index is 12.9. The zero-order valence-corrected chi connectivity index (χ0v) is 9.83. The topological polar surface area (TPSA) is 12.0 Å². The Morgan fingerprint density at radius 3 is 2.59 bits per heavy atom. The monoisotopic (exact) mass is 265 g/mol. The zero-order valence-electron chi connectivity index (χ0n) is 9.01. The number of rotatable bonds is 1. The van der Waals surface area contributed by atoms with E-state index in [0.717, 1.165) is 11.8 Å². The van der Waals surface area contributed by atoms with Crippen molar-refractivity contribution in [2.75, 3.05) is 5.75 Å². The molecule has 2 atom stereocenters. The van der Waals surface area contributed by atoms with E-state index in [4.69, 9.17) is 0 Å². The van der Waals surface area contributed by atoms with Crippen molar-refractivity contribution >= 4 is 11.8 Å². The van der Waals surface area contributed by atoms with Crippen LogP contribution in [0.25, 0.3) is 0 Å². The molecule has 94 valence electrons. The molecule has 1 heterocycles. The van der Waals surface area contributed by atoms with E-state index in [1.165, 1.54) is 17.8 Å².